The van der Waals surface area contributed by atoms with E-state index in [9.17, 15) is 4.79 Å². The summed E-state index contributed by atoms with van der Waals surface area (Å²) in [6.45, 7) is 8.51. The maximum atomic E-state index is 11.8. The molecule has 1 aliphatic rings. The van der Waals surface area contributed by atoms with E-state index >= 15 is 0 Å². The van der Waals surface area contributed by atoms with Gasteiger partial charge in [-0.05, 0) is 40.0 Å². The molecule has 21 heavy (non-hydrogen) atoms. The Morgan fingerprint density at radius 3 is 2.33 bits per heavy atom. The van der Waals surface area contributed by atoms with Crippen LogP contribution in [-0.2, 0) is 4.74 Å². The molecule has 4 nitrogen and oxygen atoms in total. The van der Waals surface area contributed by atoms with Crippen molar-refractivity contribution < 1.29 is 9.53 Å². The Kier molecular flexibility index (Phi) is 8.09. The van der Waals surface area contributed by atoms with E-state index in [0.29, 0.717) is 18.6 Å². The van der Waals surface area contributed by atoms with Crippen molar-refractivity contribution in [1.29, 1.82) is 0 Å². The first-order chi connectivity index (χ1) is 9.90. The number of carbonyl (C=O) groups is 1. The van der Waals surface area contributed by atoms with E-state index < -0.39 is 5.60 Å². The summed E-state index contributed by atoms with van der Waals surface area (Å²) in [7, 11) is 0. The van der Waals surface area contributed by atoms with Crippen LogP contribution in [0.1, 0.15) is 79.1 Å². The van der Waals surface area contributed by atoms with Gasteiger partial charge in [0, 0.05) is 18.6 Å². The molecule has 0 aromatic carbocycles. The lowest BCUT2D eigenvalue weighted by molar-refractivity contribution is 0.0520. The second kappa shape index (κ2) is 9.29. The van der Waals surface area contributed by atoms with Gasteiger partial charge in [-0.3, -0.25) is 0 Å². The van der Waals surface area contributed by atoms with E-state index in [2.05, 4.69) is 17.6 Å². The summed E-state index contributed by atoms with van der Waals surface area (Å²) in [5.41, 5.74) is -0.431. The fourth-order valence-corrected chi connectivity index (χ4v) is 2.89. The van der Waals surface area contributed by atoms with Crippen molar-refractivity contribution in [1.82, 2.24) is 10.6 Å². The van der Waals surface area contributed by atoms with E-state index in [0.717, 1.165) is 12.8 Å². The Bertz CT molecular complexity index is 292. The van der Waals surface area contributed by atoms with E-state index in [1.54, 1.807) is 0 Å². The SMILES string of the molecule is CCCC(CNC(=O)OC(C)(C)C)NC1CCCCCC1. The molecule has 0 bridgehead atoms. The van der Waals surface area contributed by atoms with Crippen molar-refractivity contribution in [3.63, 3.8) is 0 Å². The van der Waals surface area contributed by atoms with Crippen molar-refractivity contribution in [2.45, 2.75) is 96.7 Å². The summed E-state index contributed by atoms with van der Waals surface area (Å²) in [6.07, 6.45) is 9.84. The third kappa shape index (κ3) is 8.97. The van der Waals surface area contributed by atoms with E-state index in [-0.39, 0.29) is 6.09 Å². The number of nitrogens with one attached hydrogen (secondary N) is 2. The molecule has 1 saturated carbocycles. The van der Waals surface area contributed by atoms with Gasteiger partial charge in [0.15, 0.2) is 0 Å². The zero-order chi connectivity index (χ0) is 15.7. The van der Waals surface area contributed by atoms with Gasteiger partial charge in [0.1, 0.15) is 5.60 Å². The molecule has 1 fully saturated rings. The van der Waals surface area contributed by atoms with Gasteiger partial charge in [0.2, 0.25) is 0 Å². The Morgan fingerprint density at radius 1 is 1.19 bits per heavy atom. The molecule has 0 aromatic heterocycles. The van der Waals surface area contributed by atoms with Crippen LogP contribution in [0, 0.1) is 0 Å². The lowest BCUT2D eigenvalue weighted by Crippen LogP contribution is -2.46. The predicted octanol–water partition coefficient (Wildman–Crippen LogP) is 3.99. The molecule has 0 radical (unpaired) electrons. The maximum absolute atomic E-state index is 11.8. The van der Waals surface area contributed by atoms with Crippen LogP contribution >= 0.6 is 0 Å². The Hall–Kier alpha value is -0.770. The third-order valence-electron chi connectivity index (χ3n) is 3.86. The first-order valence-electron chi connectivity index (χ1n) is 8.63. The van der Waals surface area contributed by atoms with Crippen molar-refractivity contribution in [2.75, 3.05) is 6.54 Å². The van der Waals surface area contributed by atoms with Gasteiger partial charge in [-0.1, -0.05) is 39.0 Å². The first kappa shape index (κ1) is 18.3. The molecule has 0 aliphatic heterocycles. The van der Waals surface area contributed by atoms with Crippen molar-refractivity contribution in [3.8, 4) is 0 Å². The highest BCUT2D eigenvalue weighted by atomic mass is 16.6. The zero-order valence-corrected chi connectivity index (χ0v) is 14.3. The highest BCUT2D eigenvalue weighted by Gasteiger charge is 2.19. The summed E-state index contributed by atoms with van der Waals surface area (Å²) >= 11 is 0. The van der Waals surface area contributed by atoms with Crippen LogP contribution in [0.4, 0.5) is 4.79 Å². The standard InChI is InChI=1S/C17H34N2O2/c1-5-10-15(13-18-16(20)21-17(2,3)4)19-14-11-8-6-7-9-12-14/h14-15,19H,5-13H2,1-4H3,(H,18,20). The number of hydrogen-bond acceptors (Lipinski definition) is 3. The average molecular weight is 298 g/mol. The Labute approximate surface area is 130 Å². The van der Waals surface area contributed by atoms with Crippen LogP contribution in [0.2, 0.25) is 0 Å². The quantitative estimate of drug-likeness (QED) is 0.729. The van der Waals surface area contributed by atoms with Crippen molar-refractivity contribution in [3.05, 3.63) is 0 Å². The lowest BCUT2D eigenvalue weighted by atomic mass is 10.1. The molecule has 0 aromatic rings. The molecule has 1 aliphatic carbocycles. The van der Waals surface area contributed by atoms with E-state index in [1.165, 1.54) is 38.5 Å². The zero-order valence-electron chi connectivity index (χ0n) is 14.3. The van der Waals surface area contributed by atoms with Gasteiger partial charge in [-0.15, -0.1) is 0 Å². The summed E-state index contributed by atoms with van der Waals surface area (Å²) in [5, 5.41) is 6.65. The molecule has 0 saturated heterocycles. The summed E-state index contributed by atoms with van der Waals surface area (Å²) in [4.78, 5) is 11.8. The van der Waals surface area contributed by atoms with E-state index in [4.69, 9.17) is 4.74 Å². The molecular weight excluding hydrogens is 264 g/mol. The number of alkyl carbamates (subject to hydrolysis) is 1. The molecule has 1 atom stereocenters. The molecular formula is C17H34N2O2. The van der Waals surface area contributed by atoms with Crippen LogP contribution < -0.4 is 10.6 Å². The molecule has 4 heteroatoms. The third-order valence-corrected chi connectivity index (χ3v) is 3.86. The van der Waals surface area contributed by atoms with Gasteiger partial charge in [0.05, 0.1) is 0 Å². The molecule has 2 N–H and O–H groups in total. The normalized spacial score (nSPS) is 18.9. The second-order valence-electron chi connectivity index (χ2n) is 7.22. The highest BCUT2D eigenvalue weighted by Crippen LogP contribution is 2.18. The van der Waals surface area contributed by atoms with Crippen LogP contribution in [0.5, 0.6) is 0 Å². The number of rotatable bonds is 6. The number of ether oxygens (including phenoxy) is 1. The fourth-order valence-electron chi connectivity index (χ4n) is 2.89. The van der Waals surface area contributed by atoms with E-state index in [1.807, 2.05) is 20.8 Å². The molecule has 124 valence electrons. The number of hydrogen-bond donors (Lipinski definition) is 2. The number of amides is 1. The summed E-state index contributed by atoms with van der Waals surface area (Å²) < 4.78 is 5.30. The van der Waals surface area contributed by atoms with Crippen LogP contribution in [0.15, 0.2) is 0 Å². The summed E-state index contributed by atoms with van der Waals surface area (Å²) in [6, 6.07) is 0.968. The van der Waals surface area contributed by atoms with Crippen molar-refractivity contribution in [2.24, 2.45) is 0 Å². The molecule has 1 rings (SSSR count). The van der Waals surface area contributed by atoms with Crippen LogP contribution in [0.3, 0.4) is 0 Å². The molecule has 0 heterocycles. The molecule has 0 spiro atoms. The van der Waals surface area contributed by atoms with Gasteiger partial charge in [0.25, 0.3) is 0 Å². The predicted molar refractivity (Wildman–Crippen MR) is 87.6 cm³/mol. The van der Waals surface area contributed by atoms with Crippen LogP contribution in [0.25, 0.3) is 0 Å². The maximum Gasteiger partial charge on any atom is 0.407 e. The van der Waals surface area contributed by atoms with Crippen molar-refractivity contribution >= 4 is 6.09 Å². The fraction of sp³-hybridized carbons (Fsp3) is 0.941. The minimum Gasteiger partial charge on any atom is -0.444 e. The Morgan fingerprint density at radius 2 is 1.81 bits per heavy atom. The average Bonchev–Trinajstić information content (AvgIpc) is 2.63. The lowest BCUT2D eigenvalue weighted by Gasteiger charge is -2.26. The van der Waals surface area contributed by atoms with Gasteiger partial charge in [-0.25, -0.2) is 4.79 Å². The molecule has 1 unspecified atom stereocenters. The monoisotopic (exact) mass is 298 g/mol. The van der Waals surface area contributed by atoms with Gasteiger partial charge >= 0.3 is 6.09 Å². The van der Waals surface area contributed by atoms with Gasteiger partial charge < -0.3 is 15.4 Å². The first-order valence-corrected chi connectivity index (χ1v) is 8.63. The topological polar surface area (TPSA) is 50.4 Å². The minimum atomic E-state index is -0.431. The minimum absolute atomic E-state index is 0.314. The Balaban J connectivity index is 2.36. The van der Waals surface area contributed by atoms with Crippen LogP contribution in [-0.4, -0.2) is 30.3 Å². The smallest absolute Gasteiger partial charge is 0.407 e. The summed E-state index contributed by atoms with van der Waals surface area (Å²) in [5.74, 6) is 0. The largest absolute Gasteiger partial charge is 0.444 e. The van der Waals surface area contributed by atoms with Gasteiger partial charge in [-0.2, -0.15) is 0 Å². The second-order valence-corrected chi connectivity index (χ2v) is 7.22. The number of carbonyl (C=O) groups excluding carboxylic acids is 1. The highest BCUT2D eigenvalue weighted by molar-refractivity contribution is 5.67. The molecule has 1 amide bonds.